The number of imidazole rings is 1. The first-order valence-corrected chi connectivity index (χ1v) is 5.55. The van der Waals surface area contributed by atoms with E-state index in [4.69, 9.17) is 4.74 Å². The minimum atomic E-state index is -0.672. The summed E-state index contributed by atoms with van der Waals surface area (Å²) in [6.45, 7) is 3.51. The van der Waals surface area contributed by atoms with Gasteiger partial charge in [0.1, 0.15) is 12.0 Å². The van der Waals surface area contributed by atoms with Crippen molar-refractivity contribution >= 4 is 17.9 Å². The van der Waals surface area contributed by atoms with Gasteiger partial charge in [0.2, 0.25) is 5.91 Å². The van der Waals surface area contributed by atoms with Gasteiger partial charge >= 0.3 is 6.09 Å². The van der Waals surface area contributed by atoms with E-state index in [0.29, 0.717) is 5.69 Å². The van der Waals surface area contributed by atoms with Gasteiger partial charge in [0, 0.05) is 7.05 Å². The molecule has 2 amide bonds. The number of rotatable bonds is 1. The Morgan fingerprint density at radius 1 is 1.50 bits per heavy atom. The van der Waals surface area contributed by atoms with Gasteiger partial charge in [-0.1, -0.05) is 0 Å². The normalized spacial score (nSPS) is 18.8. The highest BCUT2D eigenvalue weighted by atomic mass is 16.5. The molecule has 2 heterocycles. The molecule has 0 aliphatic carbocycles. The van der Waals surface area contributed by atoms with Gasteiger partial charge in [-0.3, -0.25) is 14.5 Å². The zero-order chi connectivity index (χ0) is 13.4. The standard InChI is InChI=1S/C11H13N3O4/c1-4-18-11(17)14-5-12-7-6(2)9(15)13(3)10(16)8(7)14/h5-6H,4H2,1-3H3. The van der Waals surface area contributed by atoms with Crippen LogP contribution in [0.5, 0.6) is 0 Å². The molecule has 0 saturated heterocycles. The highest BCUT2D eigenvalue weighted by Gasteiger charge is 2.39. The molecule has 0 spiro atoms. The molecule has 1 atom stereocenters. The molecule has 1 aliphatic rings. The van der Waals surface area contributed by atoms with Crippen molar-refractivity contribution in [2.24, 2.45) is 0 Å². The summed E-state index contributed by atoms with van der Waals surface area (Å²) >= 11 is 0. The number of hydrogen-bond donors (Lipinski definition) is 0. The van der Waals surface area contributed by atoms with E-state index in [-0.39, 0.29) is 18.2 Å². The van der Waals surface area contributed by atoms with Gasteiger partial charge < -0.3 is 4.74 Å². The van der Waals surface area contributed by atoms with E-state index >= 15 is 0 Å². The second-order valence-electron chi connectivity index (χ2n) is 3.97. The number of carbonyl (C=O) groups excluding carboxylic acids is 3. The minimum absolute atomic E-state index is 0.100. The van der Waals surface area contributed by atoms with E-state index in [2.05, 4.69) is 4.98 Å². The Bertz CT molecular complexity index is 534. The molecule has 1 unspecified atom stereocenters. The zero-order valence-corrected chi connectivity index (χ0v) is 10.3. The van der Waals surface area contributed by atoms with Crippen molar-refractivity contribution in [3.63, 3.8) is 0 Å². The van der Waals surface area contributed by atoms with Gasteiger partial charge in [0.05, 0.1) is 18.2 Å². The van der Waals surface area contributed by atoms with Gasteiger partial charge in [-0.25, -0.2) is 14.3 Å². The Morgan fingerprint density at radius 3 is 2.78 bits per heavy atom. The van der Waals surface area contributed by atoms with Crippen LogP contribution in [-0.2, 0) is 9.53 Å². The van der Waals surface area contributed by atoms with Crippen molar-refractivity contribution in [1.82, 2.24) is 14.5 Å². The van der Waals surface area contributed by atoms with Crippen molar-refractivity contribution in [2.75, 3.05) is 13.7 Å². The smallest absolute Gasteiger partial charge is 0.419 e. The molecule has 0 saturated carbocycles. The first-order valence-electron chi connectivity index (χ1n) is 5.55. The van der Waals surface area contributed by atoms with Gasteiger partial charge in [-0.05, 0) is 13.8 Å². The molecule has 7 heteroatoms. The molecule has 0 fully saturated rings. The first-order chi connectivity index (χ1) is 8.49. The summed E-state index contributed by atoms with van der Waals surface area (Å²) in [5.41, 5.74) is 0.416. The lowest BCUT2D eigenvalue weighted by Crippen LogP contribution is -2.42. The maximum atomic E-state index is 12.0. The molecular weight excluding hydrogens is 238 g/mol. The van der Waals surface area contributed by atoms with Gasteiger partial charge in [-0.2, -0.15) is 0 Å². The number of nitrogens with zero attached hydrogens (tertiary/aromatic N) is 3. The van der Waals surface area contributed by atoms with E-state index in [1.807, 2.05) is 0 Å². The monoisotopic (exact) mass is 251 g/mol. The van der Waals surface area contributed by atoms with Crippen LogP contribution < -0.4 is 0 Å². The maximum absolute atomic E-state index is 12.0. The van der Waals surface area contributed by atoms with Crippen molar-refractivity contribution < 1.29 is 19.1 Å². The highest BCUT2D eigenvalue weighted by molar-refractivity contribution is 6.11. The lowest BCUT2D eigenvalue weighted by molar-refractivity contribution is -0.129. The molecule has 0 bridgehead atoms. The number of hydrogen-bond acceptors (Lipinski definition) is 5. The number of carbonyl (C=O) groups is 3. The average Bonchev–Trinajstić information content (AvgIpc) is 2.79. The summed E-state index contributed by atoms with van der Waals surface area (Å²) in [5, 5.41) is 0. The molecule has 7 nitrogen and oxygen atoms in total. The van der Waals surface area contributed by atoms with E-state index in [9.17, 15) is 14.4 Å². The van der Waals surface area contributed by atoms with Crippen molar-refractivity contribution in [2.45, 2.75) is 19.8 Å². The highest BCUT2D eigenvalue weighted by Crippen LogP contribution is 2.27. The van der Waals surface area contributed by atoms with Gasteiger partial charge in [0.25, 0.3) is 5.91 Å². The summed E-state index contributed by atoms with van der Waals surface area (Å²) in [6, 6.07) is 0. The zero-order valence-electron chi connectivity index (χ0n) is 10.3. The fourth-order valence-electron chi connectivity index (χ4n) is 1.89. The third-order valence-corrected chi connectivity index (χ3v) is 2.88. The molecule has 0 aromatic carbocycles. The number of likely N-dealkylation sites (N-methyl/N-ethyl adjacent to an activating group) is 1. The summed E-state index contributed by atoms with van der Waals surface area (Å²) in [7, 11) is 1.38. The van der Waals surface area contributed by atoms with Crippen LogP contribution in [0.3, 0.4) is 0 Å². The molecular formula is C11H13N3O4. The van der Waals surface area contributed by atoms with E-state index in [1.54, 1.807) is 13.8 Å². The molecule has 0 radical (unpaired) electrons. The second-order valence-corrected chi connectivity index (χ2v) is 3.97. The summed E-state index contributed by atoms with van der Waals surface area (Å²) in [5.74, 6) is -1.42. The van der Waals surface area contributed by atoms with Crippen LogP contribution in [0, 0.1) is 0 Å². The molecule has 0 N–H and O–H groups in total. The fraction of sp³-hybridized carbons (Fsp3) is 0.455. The topological polar surface area (TPSA) is 81.5 Å². The predicted molar refractivity (Wildman–Crippen MR) is 60.2 cm³/mol. The van der Waals surface area contributed by atoms with Crippen LogP contribution in [0.25, 0.3) is 0 Å². The van der Waals surface area contributed by atoms with Crippen molar-refractivity contribution in [3.05, 3.63) is 17.7 Å². The Hall–Kier alpha value is -2.18. The summed E-state index contributed by atoms with van der Waals surface area (Å²) in [6.07, 6.45) is 0.540. The number of imide groups is 1. The van der Waals surface area contributed by atoms with Gasteiger partial charge in [0.15, 0.2) is 0 Å². The molecule has 18 heavy (non-hydrogen) atoms. The largest absolute Gasteiger partial charge is 0.449 e. The van der Waals surface area contributed by atoms with Crippen molar-refractivity contribution in [1.29, 1.82) is 0 Å². The van der Waals surface area contributed by atoms with Crippen LogP contribution in [0.1, 0.15) is 35.9 Å². The summed E-state index contributed by atoms with van der Waals surface area (Å²) < 4.78 is 5.87. The maximum Gasteiger partial charge on any atom is 0.419 e. The van der Waals surface area contributed by atoms with E-state index in [1.165, 1.54) is 13.4 Å². The number of amides is 2. The summed E-state index contributed by atoms with van der Waals surface area (Å²) in [4.78, 5) is 40.4. The number of aromatic nitrogens is 2. The number of ether oxygens (including phenoxy) is 1. The average molecular weight is 251 g/mol. The number of fused-ring (bicyclic) bond motifs is 1. The lowest BCUT2D eigenvalue weighted by Gasteiger charge is -2.25. The van der Waals surface area contributed by atoms with E-state index < -0.39 is 17.9 Å². The van der Waals surface area contributed by atoms with Crippen LogP contribution in [0.4, 0.5) is 4.79 Å². The molecule has 1 aliphatic heterocycles. The predicted octanol–water partition coefficient (Wildman–Crippen LogP) is 0.603. The third kappa shape index (κ3) is 1.59. The Labute approximate surface area is 103 Å². The Kier molecular flexibility index (Phi) is 2.90. The van der Waals surface area contributed by atoms with E-state index in [0.717, 1.165) is 9.47 Å². The van der Waals surface area contributed by atoms with Crippen LogP contribution >= 0.6 is 0 Å². The van der Waals surface area contributed by atoms with Gasteiger partial charge in [-0.15, -0.1) is 0 Å². The van der Waals surface area contributed by atoms with Crippen LogP contribution in [0.15, 0.2) is 6.33 Å². The molecule has 96 valence electrons. The molecule has 1 aromatic rings. The lowest BCUT2D eigenvalue weighted by atomic mass is 9.99. The minimum Gasteiger partial charge on any atom is -0.449 e. The quantitative estimate of drug-likeness (QED) is 0.683. The Morgan fingerprint density at radius 2 is 2.17 bits per heavy atom. The van der Waals surface area contributed by atoms with Crippen LogP contribution in [-0.4, -0.2) is 46.0 Å². The Balaban J connectivity index is 2.52. The van der Waals surface area contributed by atoms with Crippen LogP contribution in [0.2, 0.25) is 0 Å². The fourth-order valence-corrected chi connectivity index (χ4v) is 1.89. The SMILES string of the molecule is CCOC(=O)n1cnc2c1C(=O)N(C)C(=O)C2C. The first kappa shape index (κ1) is 12.3. The molecule has 1 aromatic heterocycles. The van der Waals surface area contributed by atoms with Crippen molar-refractivity contribution in [3.8, 4) is 0 Å². The second kappa shape index (κ2) is 4.25. The molecule has 2 rings (SSSR count). The third-order valence-electron chi connectivity index (χ3n) is 2.88.